The molecule has 4 heteroatoms. The Labute approximate surface area is 117 Å². The third-order valence-electron chi connectivity index (χ3n) is 2.75. The average Bonchev–Trinajstić information content (AvgIpc) is 2.47. The van der Waals surface area contributed by atoms with Gasteiger partial charge in [0.15, 0.2) is 0 Å². The number of hydrogen-bond acceptors (Lipinski definition) is 3. The number of carbonyl (C=O) groups is 1. The summed E-state index contributed by atoms with van der Waals surface area (Å²) in [7, 11) is 0. The second-order valence-corrected chi connectivity index (χ2v) is 4.16. The van der Waals surface area contributed by atoms with Crippen LogP contribution in [0.15, 0.2) is 48.5 Å². The maximum absolute atomic E-state index is 10.9. The summed E-state index contributed by atoms with van der Waals surface area (Å²) in [6, 6.07) is 14.0. The van der Waals surface area contributed by atoms with E-state index in [9.17, 15) is 4.79 Å². The fourth-order valence-corrected chi connectivity index (χ4v) is 1.80. The summed E-state index contributed by atoms with van der Waals surface area (Å²) in [6.07, 6.45) is 0. The first-order valence-electron chi connectivity index (χ1n) is 6.37. The number of carboxylic acids is 1. The Morgan fingerprint density at radius 3 is 2.65 bits per heavy atom. The lowest BCUT2D eigenvalue weighted by Crippen LogP contribution is -2.02. The number of benzene rings is 2. The monoisotopic (exact) mass is 272 g/mol. The molecule has 0 spiro atoms. The van der Waals surface area contributed by atoms with Crippen LogP contribution in [0.1, 0.15) is 22.8 Å². The van der Waals surface area contributed by atoms with Crippen molar-refractivity contribution < 1.29 is 19.4 Å². The van der Waals surface area contributed by atoms with Gasteiger partial charge in [0.05, 0.1) is 12.2 Å². The summed E-state index contributed by atoms with van der Waals surface area (Å²) in [6.45, 7) is 2.85. The van der Waals surface area contributed by atoms with E-state index in [2.05, 4.69) is 0 Å². The summed E-state index contributed by atoms with van der Waals surface area (Å²) in [4.78, 5) is 10.9. The minimum Gasteiger partial charge on any atom is -0.493 e. The molecule has 0 radical (unpaired) electrons. The third-order valence-corrected chi connectivity index (χ3v) is 2.75. The fraction of sp³-hybridized carbons (Fsp3) is 0.188. The van der Waals surface area contributed by atoms with Crippen LogP contribution in [0.5, 0.6) is 11.5 Å². The van der Waals surface area contributed by atoms with Crippen molar-refractivity contribution >= 4 is 5.97 Å². The minimum atomic E-state index is -0.967. The van der Waals surface area contributed by atoms with Crippen LogP contribution in [0.2, 0.25) is 0 Å². The molecule has 0 aliphatic rings. The molecule has 0 amide bonds. The molecular weight excluding hydrogens is 256 g/mol. The van der Waals surface area contributed by atoms with Gasteiger partial charge in [-0.25, -0.2) is 4.79 Å². The van der Waals surface area contributed by atoms with Crippen LogP contribution >= 0.6 is 0 Å². The van der Waals surface area contributed by atoms with Crippen LogP contribution in [0.3, 0.4) is 0 Å². The van der Waals surface area contributed by atoms with Crippen LogP contribution in [-0.4, -0.2) is 17.7 Å². The highest BCUT2D eigenvalue weighted by molar-refractivity contribution is 5.87. The van der Waals surface area contributed by atoms with E-state index < -0.39 is 5.97 Å². The zero-order valence-corrected chi connectivity index (χ0v) is 11.2. The summed E-state index contributed by atoms with van der Waals surface area (Å²) < 4.78 is 11.1. The Morgan fingerprint density at radius 1 is 1.10 bits per heavy atom. The molecule has 0 aliphatic carbocycles. The van der Waals surface area contributed by atoms with Gasteiger partial charge in [0.1, 0.15) is 18.1 Å². The standard InChI is InChI=1S/C16H16O4/c1-2-19-15-9-4-3-6-13(15)11-20-14-8-5-7-12(10-14)16(17)18/h3-10H,2,11H2,1H3,(H,17,18). The second kappa shape index (κ2) is 6.61. The van der Waals surface area contributed by atoms with Crippen LogP contribution < -0.4 is 9.47 Å². The van der Waals surface area contributed by atoms with Gasteiger partial charge in [-0.1, -0.05) is 24.3 Å². The molecule has 2 rings (SSSR count). The zero-order chi connectivity index (χ0) is 14.4. The Kier molecular flexibility index (Phi) is 4.60. The van der Waals surface area contributed by atoms with E-state index in [1.165, 1.54) is 12.1 Å². The molecule has 0 atom stereocenters. The number of carboxylic acid groups (broad SMARTS) is 1. The molecule has 0 aromatic heterocycles. The first-order valence-corrected chi connectivity index (χ1v) is 6.37. The second-order valence-electron chi connectivity index (χ2n) is 4.16. The number of para-hydroxylation sites is 1. The van der Waals surface area contributed by atoms with Crippen molar-refractivity contribution in [2.45, 2.75) is 13.5 Å². The SMILES string of the molecule is CCOc1ccccc1COc1cccc(C(=O)O)c1. The molecule has 0 bridgehead atoms. The Bertz CT molecular complexity index is 593. The molecule has 0 saturated carbocycles. The Balaban J connectivity index is 2.09. The molecule has 2 aromatic rings. The van der Waals surface area contributed by atoms with Gasteiger partial charge in [0.25, 0.3) is 0 Å². The highest BCUT2D eigenvalue weighted by Crippen LogP contribution is 2.21. The Morgan fingerprint density at radius 2 is 1.90 bits per heavy atom. The predicted molar refractivity (Wildman–Crippen MR) is 75.3 cm³/mol. The largest absolute Gasteiger partial charge is 0.493 e. The van der Waals surface area contributed by atoms with Crippen molar-refractivity contribution in [1.29, 1.82) is 0 Å². The number of ether oxygens (including phenoxy) is 2. The van der Waals surface area contributed by atoms with Gasteiger partial charge >= 0.3 is 5.97 Å². The van der Waals surface area contributed by atoms with Crippen LogP contribution in [0, 0.1) is 0 Å². The molecule has 20 heavy (non-hydrogen) atoms. The first-order chi connectivity index (χ1) is 9.70. The Hall–Kier alpha value is -2.49. The molecule has 0 heterocycles. The lowest BCUT2D eigenvalue weighted by Gasteiger charge is -2.11. The molecule has 1 N–H and O–H groups in total. The maximum atomic E-state index is 10.9. The van der Waals surface area contributed by atoms with Crippen molar-refractivity contribution in [2.75, 3.05) is 6.61 Å². The van der Waals surface area contributed by atoms with E-state index in [0.717, 1.165) is 11.3 Å². The lowest BCUT2D eigenvalue weighted by molar-refractivity contribution is 0.0696. The molecule has 2 aromatic carbocycles. The fourth-order valence-electron chi connectivity index (χ4n) is 1.80. The van der Waals surface area contributed by atoms with Crippen LogP contribution in [-0.2, 0) is 6.61 Å². The van der Waals surface area contributed by atoms with Gasteiger partial charge in [-0.2, -0.15) is 0 Å². The van der Waals surface area contributed by atoms with Gasteiger partial charge in [-0.05, 0) is 31.2 Å². The number of rotatable bonds is 6. The van der Waals surface area contributed by atoms with Crippen molar-refractivity contribution in [1.82, 2.24) is 0 Å². The van der Waals surface area contributed by atoms with Gasteiger partial charge < -0.3 is 14.6 Å². The van der Waals surface area contributed by atoms with E-state index in [0.29, 0.717) is 19.0 Å². The van der Waals surface area contributed by atoms with Gasteiger partial charge in [-0.3, -0.25) is 0 Å². The molecule has 0 saturated heterocycles. The summed E-state index contributed by atoms with van der Waals surface area (Å²) >= 11 is 0. The average molecular weight is 272 g/mol. The van der Waals surface area contributed by atoms with Crippen LogP contribution in [0.25, 0.3) is 0 Å². The van der Waals surface area contributed by atoms with E-state index in [-0.39, 0.29) is 5.56 Å². The molecule has 4 nitrogen and oxygen atoms in total. The van der Waals surface area contributed by atoms with Crippen molar-refractivity contribution in [3.63, 3.8) is 0 Å². The maximum Gasteiger partial charge on any atom is 0.335 e. The normalized spacial score (nSPS) is 10.1. The van der Waals surface area contributed by atoms with E-state index >= 15 is 0 Å². The smallest absolute Gasteiger partial charge is 0.335 e. The molecule has 0 unspecified atom stereocenters. The minimum absolute atomic E-state index is 0.209. The summed E-state index contributed by atoms with van der Waals surface area (Å²) in [5, 5.41) is 8.93. The highest BCUT2D eigenvalue weighted by Gasteiger charge is 2.06. The number of hydrogen-bond donors (Lipinski definition) is 1. The van der Waals surface area contributed by atoms with E-state index in [1.54, 1.807) is 12.1 Å². The highest BCUT2D eigenvalue weighted by atomic mass is 16.5. The topological polar surface area (TPSA) is 55.8 Å². The summed E-state index contributed by atoms with van der Waals surface area (Å²) in [5.74, 6) is 0.339. The van der Waals surface area contributed by atoms with Crippen molar-refractivity contribution in [3.8, 4) is 11.5 Å². The van der Waals surface area contributed by atoms with Crippen molar-refractivity contribution in [3.05, 3.63) is 59.7 Å². The quantitative estimate of drug-likeness (QED) is 0.876. The zero-order valence-electron chi connectivity index (χ0n) is 11.2. The lowest BCUT2D eigenvalue weighted by atomic mass is 10.2. The van der Waals surface area contributed by atoms with Gasteiger partial charge in [0.2, 0.25) is 0 Å². The molecule has 0 aliphatic heterocycles. The molecule has 104 valence electrons. The third kappa shape index (κ3) is 3.51. The summed E-state index contributed by atoms with van der Waals surface area (Å²) in [5.41, 5.74) is 1.13. The van der Waals surface area contributed by atoms with E-state index in [4.69, 9.17) is 14.6 Å². The van der Waals surface area contributed by atoms with E-state index in [1.807, 2.05) is 31.2 Å². The molecular formula is C16H16O4. The predicted octanol–water partition coefficient (Wildman–Crippen LogP) is 3.36. The van der Waals surface area contributed by atoms with Gasteiger partial charge in [0, 0.05) is 5.56 Å². The van der Waals surface area contributed by atoms with Gasteiger partial charge in [-0.15, -0.1) is 0 Å². The van der Waals surface area contributed by atoms with Crippen molar-refractivity contribution in [2.24, 2.45) is 0 Å². The molecule has 0 fully saturated rings. The first kappa shape index (κ1) is 13.9. The number of aromatic carboxylic acids is 1. The van der Waals surface area contributed by atoms with Crippen LogP contribution in [0.4, 0.5) is 0 Å².